The third-order valence-corrected chi connectivity index (χ3v) is 4.53. The number of para-hydroxylation sites is 1. The summed E-state index contributed by atoms with van der Waals surface area (Å²) in [7, 11) is 1.94. The van der Waals surface area contributed by atoms with Crippen LogP contribution in [0.5, 0.6) is 0 Å². The summed E-state index contributed by atoms with van der Waals surface area (Å²) in [5, 5.41) is 3.22. The lowest BCUT2D eigenvalue weighted by molar-refractivity contribution is -0.121. The molecule has 1 saturated heterocycles. The van der Waals surface area contributed by atoms with Crippen molar-refractivity contribution in [2.45, 2.75) is 32.2 Å². The van der Waals surface area contributed by atoms with Gasteiger partial charge >= 0.3 is 0 Å². The van der Waals surface area contributed by atoms with E-state index in [1.54, 1.807) is 0 Å². The minimum absolute atomic E-state index is 0.409. The summed E-state index contributed by atoms with van der Waals surface area (Å²) < 4.78 is 0. The number of anilines is 1. The molecule has 0 atom stereocenters. The highest BCUT2D eigenvalue weighted by Gasteiger charge is 2.22. The topological polar surface area (TPSA) is 35.6 Å². The van der Waals surface area contributed by atoms with Gasteiger partial charge in [0.05, 0.1) is 0 Å². The van der Waals surface area contributed by atoms with Gasteiger partial charge in [-0.25, -0.2) is 0 Å². The summed E-state index contributed by atoms with van der Waals surface area (Å²) in [6.07, 6.45) is 4.14. The van der Waals surface area contributed by atoms with E-state index in [1.807, 2.05) is 18.0 Å². The number of carbonyl (C=O) groups is 1. The normalized spacial score (nSPS) is 16.7. The summed E-state index contributed by atoms with van der Waals surface area (Å²) in [5.41, 5.74) is 2.43. The molecule has 0 saturated carbocycles. The molecule has 0 radical (unpaired) electrons. The zero-order valence-corrected chi connectivity index (χ0v) is 13.2. The Morgan fingerprint density at radius 2 is 2.05 bits per heavy atom. The molecule has 2 rings (SSSR count). The van der Waals surface area contributed by atoms with Gasteiger partial charge in [-0.3, -0.25) is 4.79 Å². The van der Waals surface area contributed by atoms with Crippen LogP contribution in [0.2, 0.25) is 0 Å². The quantitative estimate of drug-likeness (QED) is 0.782. The number of likely N-dealkylation sites (tertiary alicyclic amines) is 1. The third kappa shape index (κ3) is 4.21. The molecule has 4 nitrogen and oxygen atoms in total. The number of nitrogens with one attached hydrogen (secondary N) is 1. The highest BCUT2D eigenvalue weighted by atomic mass is 16.1. The first-order chi connectivity index (χ1) is 10.3. The van der Waals surface area contributed by atoms with Crippen molar-refractivity contribution in [1.29, 1.82) is 0 Å². The second kappa shape index (κ2) is 8.03. The number of benzene rings is 1. The molecule has 0 aliphatic carbocycles. The standard InChI is InChI=1S/C17H27N3O/c1-3-19-11-9-16(10-12-19)20(14-21)13-8-15-6-4-5-7-17(15)18-2/h4-7,14,16,18H,3,8-13H2,1-2H3. The number of piperidine rings is 1. The second-order valence-corrected chi connectivity index (χ2v) is 5.67. The predicted octanol–water partition coefficient (Wildman–Crippen LogP) is 2.21. The van der Waals surface area contributed by atoms with Crippen molar-refractivity contribution in [2.75, 3.05) is 38.5 Å². The lowest BCUT2D eigenvalue weighted by Gasteiger charge is -2.36. The first-order valence-corrected chi connectivity index (χ1v) is 7.97. The van der Waals surface area contributed by atoms with E-state index < -0.39 is 0 Å². The van der Waals surface area contributed by atoms with Gasteiger partial charge in [-0.1, -0.05) is 25.1 Å². The fourth-order valence-electron chi connectivity index (χ4n) is 3.12. The van der Waals surface area contributed by atoms with Gasteiger partial charge in [-0.15, -0.1) is 0 Å². The minimum atomic E-state index is 0.409. The third-order valence-electron chi connectivity index (χ3n) is 4.53. The molecule has 0 spiro atoms. The van der Waals surface area contributed by atoms with Crippen LogP contribution >= 0.6 is 0 Å². The van der Waals surface area contributed by atoms with Gasteiger partial charge in [0, 0.05) is 38.4 Å². The number of rotatable bonds is 7. The molecule has 1 N–H and O–H groups in total. The average molecular weight is 289 g/mol. The molecule has 1 aromatic carbocycles. The van der Waals surface area contributed by atoms with E-state index in [2.05, 4.69) is 35.3 Å². The molecule has 0 bridgehead atoms. The number of hydrogen-bond donors (Lipinski definition) is 1. The number of amides is 1. The Labute approximate surface area is 128 Å². The Kier molecular flexibility index (Phi) is 6.05. The maximum atomic E-state index is 11.4. The van der Waals surface area contributed by atoms with E-state index in [0.717, 1.165) is 57.5 Å². The monoisotopic (exact) mass is 289 g/mol. The maximum Gasteiger partial charge on any atom is 0.209 e. The number of nitrogens with zero attached hydrogens (tertiary/aromatic N) is 2. The lowest BCUT2D eigenvalue weighted by atomic mass is 10.0. The molecule has 0 unspecified atom stereocenters. The smallest absolute Gasteiger partial charge is 0.209 e. The summed E-state index contributed by atoms with van der Waals surface area (Å²) in [6.45, 7) is 6.34. The largest absolute Gasteiger partial charge is 0.388 e. The van der Waals surface area contributed by atoms with E-state index in [-0.39, 0.29) is 0 Å². The average Bonchev–Trinajstić information content (AvgIpc) is 2.56. The molecule has 21 heavy (non-hydrogen) atoms. The maximum absolute atomic E-state index is 11.4. The predicted molar refractivity (Wildman–Crippen MR) is 87.6 cm³/mol. The fourth-order valence-corrected chi connectivity index (χ4v) is 3.12. The highest BCUT2D eigenvalue weighted by Crippen LogP contribution is 2.18. The van der Waals surface area contributed by atoms with Gasteiger partial charge < -0.3 is 15.1 Å². The molecule has 1 aliphatic rings. The zero-order chi connectivity index (χ0) is 15.1. The van der Waals surface area contributed by atoms with Crippen molar-refractivity contribution in [3.8, 4) is 0 Å². The van der Waals surface area contributed by atoms with Gasteiger partial charge in [0.25, 0.3) is 0 Å². The van der Waals surface area contributed by atoms with Gasteiger partial charge in [-0.05, 0) is 37.4 Å². The first-order valence-electron chi connectivity index (χ1n) is 7.97. The zero-order valence-electron chi connectivity index (χ0n) is 13.2. The van der Waals surface area contributed by atoms with Crippen LogP contribution in [-0.4, -0.2) is 55.5 Å². The summed E-state index contributed by atoms with van der Waals surface area (Å²) in [6, 6.07) is 8.72. The van der Waals surface area contributed by atoms with Crippen LogP contribution in [0, 0.1) is 0 Å². The van der Waals surface area contributed by atoms with Crippen LogP contribution in [0.3, 0.4) is 0 Å². The van der Waals surface area contributed by atoms with Crippen LogP contribution in [0.25, 0.3) is 0 Å². The van der Waals surface area contributed by atoms with E-state index >= 15 is 0 Å². The lowest BCUT2D eigenvalue weighted by Crippen LogP contribution is -2.44. The van der Waals surface area contributed by atoms with Crippen molar-refractivity contribution in [1.82, 2.24) is 9.80 Å². The van der Waals surface area contributed by atoms with Gasteiger partial charge in [0.15, 0.2) is 0 Å². The Balaban J connectivity index is 1.89. The minimum Gasteiger partial charge on any atom is -0.388 e. The summed E-state index contributed by atoms with van der Waals surface area (Å²) >= 11 is 0. The van der Waals surface area contributed by atoms with E-state index in [9.17, 15) is 4.79 Å². The van der Waals surface area contributed by atoms with Crippen molar-refractivity contribution >= 4 is 12.1 Å². The molecular weight excluding hydrogens is 262 g/mol. The summed E-state index contributed by atoms with van der Waals surface area (Å²) in [4.78, 5) is 15.9. The van der Waals surface area contributed by atoms with Crippen molar-refractivity contribution in [2.24, 2.45) is 0 Å². The number of hydrogen-bond acceptors (Lipinski definition) is 3. The Morgan fingerprint density at radius 1 is 1.33 bits per heavy atom. The molecule has 1 amide bonds. The molecular formula is C17H27N3O. The molecule has 1 heterocycles. The highest BCUT2D eigenvalue weighted by molar-refractivity contribution is 5.52. The van der Waals surface area contributed by atoms with Crippen LogP contribution in [-0.2, 0) is 11.2 Å². The van der Waals surface area contributed by atoms with Crippen LogP contribution in [0.15, 0.2) is 24.3 Å². The Bertz CT molecular complexity index is 441. The van der Waals surface area contributed by atoms with Gasteiger partial charge in [0.1, 0.15) is 0 Å². The molecule has 0 aromatic heterocycles. The van der Waals surface area contributed by atoms with Gasteiger partial charge in [-0.2, -0.15) is 0 Å². The molecule has 1 aromatic rings. The Morgan fingerprint density at radius 3 is 2.67 bits per heavy atom. The summed E-state index contributed by atoms with van der Waals surface area (Å²) in [5.74, 6) is 0. The molecule has 116 valence electrons. The van der Waals surface area contributed by atoms with Crippen LogP contribution in [0.1, 0.15) is 25.3 Å². The van der Waals surface area contributed by atoms with E-state index in [4.69, 9.17) is 0 Å². The van der Waals surface area contributed by atoms with Crippen LogP contribution < -0.4 is 5.32 Å². The van der Waals surface area contributed by atoms with Crippen molar-refractivity contribution in [3.63, 3.8) is 0 Å². The van der Waals surface area contributed by atoms with Crippen LogP contribution in [0.4, 0.5) is 5.69 Å². The van der Waals surface area contributed by atoms with Gasteiger partial charge in [0.2, 0.25) is 6.41 Å². The molecule has 4 heteroatoms. The SMILES string of the molecule is CCN1CCC(N(C=O)CCc2ccccc2NC)CC1. The Hall–Kier alpha value is -1.55. The molecule has 1 fully saturated rings. The fraction of sp³-hybridized carbons (Fsp3) is 0.588. The van der Waals surface area contributed by atoms with Crippen molar-refractivity contribution < 1.29 is 4.79 Å². The first kappa shape index (κ1) is 15.8. The van der Waals surface area contributed by atoms with E-state index in [1.165, 1.54) is 5.56 Å². The number of carbonyl (C=O) groups excluding carboxylic acids is 1. The van der Waals surface area contributed by atoms with Crippen molar-refractivity contribution in [3.05, 3.63) is 29.8 Å². The molecule has 1 aliphatic heterocycles. The second-order valence-electron chi connectivity index (χ2n) is 5.67. The van der Waals surface area contributed by atoms with E-state index in [0.29, 0.717) is 6.04 Å².